The SMILES string of the molecule is Cc1ccc(C=CC(=O)O)cc1C(=O)Nc1cnccn1. The Morgan fingerprint density at radius 1 is 1.29 bits per heavy atom. The van der Waals surface area contributed by atoms with Crippen molar-refractivity contribution < 1.29 is 14.7 Å². The van der Waals surface area contributed by atoms with Crippen molar-refractivity contribution >= 4 is 23.8 Å². The van der Waals surface area contributed by atoms with Gasteiger partial charge in [-0.05, 0) is 30.2 Å². The summed E-state index contributed by atoms with van der Waals surface area (Å²) in [5.74, 6) is -1.01. The number of aryl methyl sites for hydroxylation is 1. The topological polar surface area (TPSA) is 92.2 Å². The Morgan fingerprint density at radius 2 is 2.10 bits per heavy atom. The number of hydrogen-bond acceptors (Lipinski definition) is 4. The molecule has 21 heavy (non-hydrogen) atoms. The molecule has 0 saturated carbocycles. The van der Waals surface area contributed by atoms with E-state index in [1.165, 1.54) is 24.7 Å². The maximum atomic E-state index is 12.2. The third-order valence-electron chi connectivity index (χ3n) is 2.73. The molecule has 1 heterocycles. The fourth-order valence-electron chi connectivity index (χ4n) is 1.70. The molecular weight excluding hydrogens is 270 g/mol. The molecule has 1 amide bonds. The monoisotopic (exact) mass is 283 g/mol. The van der Waals surface area contributed by atoms with Crippen molar-refractivity contribution in [2.45, 2.75) is 6.92 Å². The Bertz CT molecular complexity index is 697. The number of anilines is 1. The largest absolute Gasteiger partial charge is 0.478 e. The van der Waals surface area contributed by atoms with Gasteiger partial charge in [-0.15, -0.1) is 0 Å². The summed E-state index contributed by atoms with van der Waals surface area (Å²) in [5, 5.41) is 11.3. The number of carbonyl (C=O) groups excluding carboxylic acids is 1. The van der Waals surface area contributed by atoms with Gasteiger partial charge in [-0.25, -0.2) is 9.78 Å². The smallest absolute Gasteiger partial charge is 0.328 e. The Labute approximate surface area is 121 Å². The van der Waals surface area contributed by atoms with E-state index in [1.807, 2.05) is 0 Å². The number of nitrogens with zero attached hydrogens (tertiary/aromatic N) is 2. The van der Waals surface area contributed by atoms with E-state index in [2.05, 4.69) is 15.3 Å². The number of amides is 1. The molecule has 6 heteroatoms. The molecule has 0 atom stereocenters. The highest BCUT2D eigenvalue weighted by Gasteiger charge is 2.10. The molecule has 1 aromatic heterocycles. The highest BCUT2D eigenvalue weighted by Crippen LogP contribution is 2.14. The third kappa shape index (κ3) is 3.97. The van der Waals surface area contributed by atoms with Crippen LogP contribution < -0.4 is 5.32 Å². The summed E-state index contributed by atoms with van der Waals surface area (Å²) in [6.07, 6.45) is 6.89. The van der Waals surface area contributed by atoms with Crippen LogP contribution in [-0.4, -0.2) is 27.0 Å². The van der Waals surface area contributed by atoms with E-state index in [0.29, 0.717) is 16.9 Å². The molecule has 2 rings (SSSR count). The van der Waals surface area contributed by atoms with E-state index in [0.717, 1.165) is 11.6 Å². The van der Waals surface area contributed by atoms with Crippen molar-refractivity contribution in [3.05, 3.63) is 59.6 Å². The lowest BCUT2D eigenvalue weighted by Crippen LogP contribution is -2.14. The first kappa shape index (κ1) is 14.4. The first-order chi connectivity index (χ1) is 10.1. The van der Waals surface area contributed by atoms with Gasteiger partial charge < -0.3 is 10.4 Å². The summed E-state index contributed by atoms with van der Waals surface area (Å²) >= 11 is 0. The molecule has 0 bridgehead atoms. The van der Waals surface area contributed by atoms with Crippen molar-refractivity contribution in [2.24, 2.45) is 0 Å². The van der Waals surface area contributed by atoms with Gasteiger partial charge >= 0.3 is 5.97 Å². The van der Waals surface area contributed by atoms with Crippen LogP contribution >= 0.6 is 0 Å². The second-order valence-electron chi connectivity index (χ2n) is 4.29. The molecular formula is C15H13N3O3. The number of carboxylic acid groups (broad SMARTS) is 1. The van der Waals surface area contributed by atoms with Crippen molar-refractivity contribution in [3.63, 3.8) is 0 Å². The lowest BCUT2D eigenvalue weighted by Gasteiger charge is -2.07. The number of aromatic nitrogens is 2. The van der Waals surface area contributed by atoms with E-state index in [4.69, 9.17) is 5.11 Å². The molecule has 106 valence electrons. The van der Waals surface area contributed by atoms with Crippen LogP contribution in [0.5, 0.6) is 0 Å². The molecule has 6 nitrogen and oxygen atoms in total. The molecule has 2 N–H and O–H groups in total. The van der Waals surface area contributed by atoms with Crippen molar-refractivity contribution in [2.75, 3.05) is 5.32 Å². The van der Waals surface area contributed by atoms with Gasteiger partial charge in [-0.1, -0.05) is 12.1 Å². The lowest BCUT2D eigenvalue weighted by molar-refractivity contribution is -0.131. The van der Waals surface area contributed by atoms with E-state index in [1.54, 1.807) is 25.1 Å². The molecule has 0 aliphatic rings. The number of benzene rings is 1. The Kier molecular flexibility index (Phi) is 4.40. The van der Waals surface area contributed by atoms with Crippen molar-refractivity contribution in [1.82, 2.24) is 9.97 Å². The van der Waals surface area contributed by atoms with Crippen LogP contribution in [0.2, 0.25) is 0 Å². The highest BCUT2D eigenvalue weighted by atomic mass is 16.4. The van der Waals surface area contributed by atoms with Crippen LogP contribution in [0, 0.1) is 6.92 Å². The molecule has 0 radical (unpaired) electrons. The number of aliphatic carboxylic acids is 1. The number of hydrogen-bond donors (Lipinski definition) is 2. The van der Waals surface area contributed by atoms with Crippen LogP contribution in [0.4, 0.5) is 5.82 Å². The average Bonchev–Trinajstić information content (AvgIpc) is 2.47. The minimum Gasteiger partial charge on any atom is -0.478 e. The zero-order valence-electron chi connectivity index (χ0n) is 11.3. The first-order valence-corrected chi connectivity index (χ1v) is 6.15. The predicted octanol–water partition coefficient (Wildman–Crippen LogP) is 2.14. The predicted molar refractivity (Wildman–Crippen MR) is 77.8 cm³/mol. The van der Waals surface area contributed by atoms with Crippen LogP contribution in [-0.2, 0) is 4.79 Å². The average molecular weight is 283 g/mol. The Balaban J connectivity index is 2.24. The second kappa shape index (κ2) is 6.42. The number of carbonyl (C=O) groups is 2. The maximum absolute atomic E-state index is 12.2. The van der Waals surface area contributed by atoms with Crippen LogP contribution in [0.3, 0.4) is 0 Å². The standard InChI is InChI=1S/C15H13N3O3/c1-10-2-3-11(4-5-14(19)20)8-12(10)15(21)18-13-9-16-6-7-17-13/h2-9H,1H3,(H,19,20)(H,17,18,21). The van der Waals surface area contributed by atoms with Crippen LogP contribution in [0.15, 0.2) is 42.9 Å². The molecule has 0 spiro atoms. The normalized spacial score (nSPS) is 10.5. The first-order valence-electron chi connectivity index (χ1n) is 6.15. The fraction of sp³-hybridized carbons (Fsp3) is 0.0667. The van der Waals surface area contributed by atoms with Crippen molar-refractivity contribution in [1.29, 1.82) is 0 Å². The van der Waals surface area contributed by atoms with Gasteiger partial charge in [0.1, 0.15) is 0 Å². The minimum absolute atomic E-state index is 0.321. The molecule has 0 fully saturated rings. The number of rotatable bonds is 4. The molecule has 0 unspecified atom stereocenters. The van der Waals surface area contributed by atoms with Gasteiger partial charge in [0.05, 0.1) is 6.20 Å². The number of nitrogens with one attached hydrogen (secondary N) is 1. The Morgan fingerprint density at radius 3 is 2.76 bits per heavy atom. The van der Waals surface area contributed by atoms with Gasteiger partial charge in [0.15, 0.2) is 5.82 Å². The third-order valence-corrected chi connectivity index (χ3v) is 2.73. The van der Waals surface area contributed by atoms with Gasteiger partial charge in [-0.2, -0.15) is 0 Å². The Hall–Kier alpha value is -3.02. The zero-order valence-corrected chi connectivity index (χ0v) is 11.3. The molecule has 1 aromatic carbocycles. The summed E-state index contributed by atoms with van der Waals surface area (Å²) in [7, 11) is 0. The summed E-state index contributed by atoms with van der Waals surface area (Å²) in [6.45, 7) is 1.80. The maximum Gasteiger partial charge on any atom is 0.328 e. The van der Waals surface area contributed by atoms with Crippen molar-refractivity contribution in [3.8, 4) is 0 Å². The van der Waals surface area contributed by atoms with Gasteiger partial charge in [-0.3, -0.25) is 9.78 Å². The number of carboxylic acids is 1. The zero-order chi connectivity index (χ0) is 15.2. The second-order valence-corrected chi connectivity index (χ2v) is 4.29. The fourth-order valence-corrected chi connectivity index (χ4v) is 1.70. The molecule has 0 aliphatic carbocycles. The molecule has 0 aliphatic heterocycles. The van der Waals surface area contributed by atoms with Crippen LogP contribution in [0.1, 0.15) is 21.5 Å². The van der Waals surface area contributed by atoms with E-state index in [-0.39, 0.29) is 5.91 Å². The van der Waals surface area contributed by atoms with Gasteiger partial charge in [0, 0.05) is 24.0 Å². The highest BCUT2D eigenvalue weighted by molar-refractivity contribution is 6.05. The molecule has 0 saturated heterocycles. The van der Waals surface area contributed by atoms with E-state index in [9.17, 15) is 9.59 Å². The van der Waals surface area contributed by atoms with E-state index < -0.39 is 5.97 Å². The summed E-state index contributed by atoms with van der Waals surface area (Å²) in [5.41, 5.74) is 1.87. The van der Waals surface area contributed by atoms with Crippen LogP contribution in [0.25, 0.3) is 6.08 Å². The van der Waals surface area contributed by atoms with Gasteiger partial charge in [0.2, 0.25) is 0 Å². The quantitative estimate of drug-likeness (QED) is 0.839. The summed E-state index contributed by atoms with van der Waals surface area (Å²) < 4.78 is 0. The summed E-state index contributed by atoms with van der Waals surface area (Å²) in [6, 6.07) is 5.13. The van der Waals surface area contributed by atoms with E-state index >= 15 is 0 Å². The molecule has 2 aromatic rings. The van der Waals surface area contributed by atoms with Gasteiger partial charge in [0.25, 0.3) is 5.91 Å². The minimum atomic E-state index is -1.04. The lowest BCUT2D eigenvalue weighted by atomic mass is 10.0. The summed E-state index contributed by atoms with van der Waals surface area (Å²) in [4.78, 5) is 30.6.